The van der Waals surface area contributed by atoms with E-state index in [2.05, 4.69) is 22.5 Å². The molecule has 0 atom stereocenters. The molecule has 0 heterocycles. The average Bonchev–Trinajstić information content (AvgIpc) is 2.65. The lowest BCUT2D eigenvalue weighted by Crippen LogP contribution is -2.39. The van der Waals surface area contributed by atoms with E-state index in [1.54, 1.807) is 12.1 Å². The lowest BCUT2D eigenvalue weighted by atomic mass is 10.1. The molecule has 1 aromatic rings. The fraction of sp³-hybridized carbons (Fsp3) is 0.579. The minimum atomic E-state index is -0.421. The highest BCUT2D eigenvalue weighted by Crippen LogP contribution is 2.10. The second-order valence-electron chi connectivity index (χ2n) is 5.62. The zero-order valence-electron chi connectivity index (χ0n) is 16.1. The van der Waals surface area contributed by atoms with Crippen LogP contribution in [0.5, 0.6) is 0 Å². The maximum atomic E-state index is 13.9. The third kappa shape index (κ3) is 11.8. The molecule has 0 unspecified atom stereocenters. The van der Waals surface area contributed by atoms with Gasteiger partial charge in [-0.05, 0) is 25.5 Å². The fourth-order valence-electron chi connectivity index (χ4n) is 2.06. The molecule has 152 valence electrons. The molecular weight excluding hydrogens is 462 g/mol. The summed E-state index contributed by atoms with van der Waals surface area (Å²) in [4.78, 5) is 4.36. The first-order chi connectivity index (χ1) is 12.7. The molecule has 0 spiro atoms. The summed E-state index contributed by atoms with van der Waals surface area (Å²) in [6.07, 6.45) is 2.20. The SMILES string of the molecule is CCCCOCCOCCNC(=NCc1ccc(C#N)cc1F)NCC.I. The summed E-state index contributed by atoms with van der Waals surface area (Å²) < 4.78 is 24.8. The third-order valence-electron chi connectivity index (χ3n) is 3.49. The van der Waals surface area contributed by atoms with E-state index in [0.29, 0.717) is 50.0 Å². The van der Waals surface area contributed by atoms with Gasteiger partial charge in [-0.1, -0.05) is 19.4 Å². The van der Waals surface area contributed by atoms with Crippen LogP contribution in [0.15, 0.2) is 23.2 Å². The number of hydrogen-bond acceptors (Lipinski definition) is 4. The van der Waals surface area contributed by atoms with Crippen LogP contribution in [0.25, 0.3) is 0 Å². The van der Waals surface area contributed by atoms with Crippen molar-refractivity contribution in [3.8, 4) is 6.07 Å². The van der Waals surface area contributed by atoms with Crippen LogP contribution in [-0.4, -0.2) is 45.5 Å². The number of nitrogens with one attached hydrogen (secondary N) is 2. The van der Waals surface area contributed by atoms with Gasteiger partial charge in [0, 0.05) is 25.3 Å². The van der Waals surface area contributed by atoms with E-state index in [-0.39, 0.29) is 30.5 Å². The molecule has 2 N–H and O–H groups in total. The second-order valence-corrected chi connectivity index (χ2v) is 5.62. The first-order valence-electron chi connectivity index (χ1n) is 9.07. The van der Waals surface area contributed by atoms with Crippen LogP contribution < -0.4 is 10.6 Å². The highest BCUT2D eigenvalue weighted by Gasteiger charge is 2.04. The first-order valence-corrected chi connectivity index (χ1v) is 9.07. The number of guanidine groups is 1. The smallest absolute Gasteiger partial charge is 0.191 e. The predicted octanol–water partition coefficient (Wildman–Crippen LogP) is 3.20. The van der Waals surface area contributed by atoms with Crippen LogP contribution in [0.1, 0.15) is 37.8 Å². The molecule has 0 aliphatic rings. The van der Waals surface area contributed by atoms with Crippen LogP contribution in [0.2, 0.25) is 0 Å². The zero-order chi connectivity index (χ0) is 19.0. The number of halogens is 2. The minimum absolute atomic E-state index is 0. The Balaban J connectivity index is 0.00000676. The number of benzene rings is 1. The van der Waals surface area contributed by atoms with Gasteiger partial charge in [-0.2, -0.15) is 5.26 Å². The monoisotopic (exact) mass is 492 g/mol. The van der Waals surface area contributed by atoms with Gasteiger partial charge in [0.1, 0.15) is 5.82 Å². The number of ether oxygens (including phenoxy) is 2. The largest absolute Gasteiger partial charge is 0.379 e. The molecule has 0 saturated heterocycles. The van der Waals surface area contributed by atoms with Crippen molar-refractivity contribution < 1.29 is 13.9 Å². The van der Waals surface area contributed by atoms with E-state index in [1.165, 1.54) is 6.07 Å². The average molecular weight is 492 g/mol. The summed E-state index contributed by atoms with van der Waals surface area (Å²) in [7, 11) is 0. The molecule has 27 heavy (non-hydrogen) atoms. The summed E-state index contributed by atoms with van der Waals surface area (Å²) in [5.74, 6) is 0.175. The summed E-state index contributed by atoms with van der Waals surface area (Å²) in [5.41, 5.74) is 0.748. The van der Waals surface area contributed by atoms with Crippen LogP contribution in [0.3, 0.4) is 0 Å². The highest BCUT2D eigenvalue weighted by molar-refractivity contribution is 14.0. The number of rotatable bonds is 12. The van der Waals surface area contributed by atoms with Crippen molar-refractivity contribution in [2.24, 2.45) is 4.99 Å². The standard InChI is InChI=1S/C19H29FN4O2.HI/c1-3-5-9-25-11-12-26-10-8-23-19(22-4-2)24-15-17-7-6-16(14-21)13-18(17)20;/h6-7,13H,3-5,8-12,15H2,1-2H3,(H2,22,23,24);1H. The second kappa shape index (κ2) is 16.7. The van der Waals surface area contributed by atoms with Crippen LogP contribution in [0, 0.1) is 17.1 Å². The van der Waals surface area contributed by atoms with Crippen molar-refractivity contribution >= 4 is 29.9 Å². The fourth-order valence-corrected chi connectivity index (χ4v) is 2.06. The van der Waals surface area contributed by atoms with E-state index in [4.69, 9.17) is 14.7 Å². The lowest BCUT2D eigenvalue weighted by Gasteiger charge is -2.12. The normalized spacial score (nSPS) is 10.8. The van der Waals surface area contributed by atoms with Crippen molar-refractivity contribution in [1.82, 2.24) is 10.6 Å². The molecule has 8 heteroatoms. The van der Waals surface area contributed by atoms with Gasteiger partial charge in [-0.15, -0.1) is 24.0 Å². The Morgan fingerprint density at radius 1 is 1.15 bits per heavy atom. The number of nitrogens with zero attached hydrogens (tertiary/aromatic N) is 2. The Kier molecular flexibility index (Phi) is 15.8. The van der Waals surface area contributed by atoms with Crippen molar-refractivity contribution in [1.29, 1.82) is 5.26 Å². The third-order valence-corrected chi connectivity index (χ3v) is 3.49. The summed E-state index contributed by atoms with van der Waals surface area (Å²) in [6.45, 7) is 8.06. The molecule has 0 radical (unpaired) electrons. The van der Waals surface area contributed by atoms with Crippen molar-refractivity contribution in [2.45, 2.75) is 33.2 Å². The number of aliphatic imine (C=N–C) groups is 1. The van der Waals surface area contributed by atoms with E-state index in [1.807, 2.05) is 13.0 Å². The van der Waals surface area contributed by atoms with E-state index in [9.17, 15) is 4.39 Å². The van der Waals surface area contributed by atoms with Crippen LogP contribution in [0.4, 0.5) is 4.39 Å². The molecule has 0 amide bonds. The maximum absolute atomic E-state index is 13.9. The summed E-state index contributed by atoms with van der Waals surface area (Å²) >= 11 is 0. The number of hydrogen-bond donors (Lipinski definition) is 2. The van der Waals surface area contributed by atoms with Crippen LogP contribution >= 0.6 is 24.0 Å². The Bertz CT molecular complexity index is 594. The number of nitriles is 1. The quantitative estimate of drug-likeness (QED) is 0.203. The van der Waals surface area contributed by atoms with E-state index >= 15 is 0 Å². The number of unbranched alkanes of at least 4 members (excludes halogenated alkanes) is 1. The van der Waals surface area contributed by atoms with Gasteiger partial charge in [-0.3, -0.25) is 0 Å². The molecule has 0 aliphatic carbocycles. The Morgan fingerprint density at radius 3 is 2.52 bits per heavy atom. The molecule has 0 aromatic heterocycles. The van der Waals surface area contributed by atoms with E-state index in [0.717, 1.165) is 19.4 Å². The zero-order valence-corrected chi connectivity index (χ0v) is 18.4. The van der Waals surface area contributed by atoms with Gasteiger partial charge in [0.15, 0.2) is 5.96 Å². The molecular formula is C19H30FIN4O2. The molecule has 1 rings (SSSR count). The molecule has 6 nitrogen and oxygen atoms in total. The van der Waals surface area contributed by atoms with E-state index < -0.39 is 5.82 Å². The van der Waals surface area contributed by atoms with Crippen molar-refractivity contribution in [3.05, 3.63) is 35.1 Å². The van der Waals surface area contributed by atoms with Crippen molar-refractivity contribution in [2.75, 3.05) is 39.5 Å². The van der Waals surface area contributed by atoms with Gasteiger partial charge >= 0.3 is 0 Å². The molecule has 0 saturated carbocycles. The molecule has 1 aromatic carbocycles. The first kappa shape index (κ1) is 25.6. The molecule has 0 bridgehead atoms. The molecule has 0 fully saturated rings. The lowest BCUT2D eigenvalue weighted by molar-refractivity contribution is 0.0487. The summed E-state index contributed by atoms with van der Waals surface area (Å²) in [6, 6.07) is 6.31. The van der Waals surface area contributed by atoms with Gasteiger partial charge in [0.05, 0.1) is 38.0 Å². The predicted molar refractivity (Wildman–Crippen MR) is 116 cm³/mol. The van der Waals surface area contributed by atoms with Gasteiger partial charge < -0.3 is 20.1 Å². The Labute approximate surface area is 178 Å². The Hall–Kier alpha value is -1.44. The van der Waals surface area contributed by atoms with Gasteiger partial charge in [0.2, 0.25) is 0 Å². The topological polar surface area (TPSA) is 78.7 Å². The summed E-state index contributed by atoms with van der Waals surface area (Å²) in [5, 5.41) is 15.0. The van der Waals surface area contributed by atoms with Gasteiger partial charge in [0.25, 0.3) is 0 Å². The van der Waals surface area contributed by atoms with Crippen molar-refractivity contribution in [3.63, 3.8) is 0 Å². The highest BCUT2D eigenvalue weighted by atomic mass is 127. The maximum Gasteiger partial charge on any atom is 0.191 e. The van der Waals surface area contributed by atoms with Crippen LogP contribution in [-0.2, 0) is 16.0 Å². The van der Waals surface area contributed by atoms with Gasteiger partial charge in [-0.25, -0.2) is 9.38 Å². The molecule has 0 aliphatic heterocycles. The Morgan fingerprint density at radius 2 is 1.89 bits per heavy atom. The minimum Gasteiger partial charge on any atom is -0.379 e.